The van der Waals surface area contributed by atoms with Crippen LogP contribution in [0.15, 0.2) is 30.0 Å². The average Bonchev–Trinajstić information content (AvgIpc) is 2.52. The van der Waals surface area contributed by atoms with Crippen LogP contribution in [0, 0.1) is 32.6 Å². The molecule has 3 aliphatic carbocycles. The van der Waals surface area contributed by atoms with Crippen molar-refractivity contribution in [2.45, 2.75) is 46.5 Å². The number of fused-ring (bicyclic) bond motifs is 4. The lowest BCUT2D eigenvalue weighted by molar-refractivity contribution is -0.114. The van der Waals surface area contributed by atoms with Crippen molar-refractivity contribution in [3.8, 4) is 0 Å². The van der Waals surface area contributed by atoms with Gasteiger partial charge in [-0.1, -0.05) is 29.8 Å². The van der Waals surface area contributed by atoms with E-state index in [4.69, 9.17) is 0 Å². The molecule has 0 saturated heterocycles. The first-order valence-corrected chi connectivity index (χ1v) is 8.17. The molecule has 2 atom stereocenters. The first-order valence-electron chi connectivity index (χ1n) is 8.17. The maximum atomic E-state index is 12.9. The van der Waals surface area contributed by atoms with Gasteiger partial charge in [-0.2, -0.15) is 0 Å². The van der Waals surface area contributed by atoms with Gasteiger partial charge in [0, 0.05) is 12.8 Å². The third-order valence-corrected chi connectivity index (χ3v) is 4.96. The number of aliphatic hydroxyl groups is 1. The number of benzene rings is 1. The van der Waals surface area contributed by atoms with Gasteiger partial charge in [-0.05, 0) is 62.1 Å². The Kier molecular flexibility index (Phi) is 3.94. The molecule has 22 heavy (non-hydrogen) atoms. The number of aryl methyl sites for hydroxylation is 3. The number of Topliss-reactive ketones (excluding diaryl/α,β-unsaturated/α-hetero) is 1. The smallest absolute Gasteiger partial charge is 0.167 e. The summed E-state index contributed by atoms with van der Waals surface area (Å²) in [6.07, 6.45) is 7.58. The molecule has 1 aromatic carbocycles. The van der Waals surface area contributed by atoms with Crippen molar-refractivity contribution in [3.63, 3.8) is 0 Å². The van der Waals surface area contributed by atoms with Crippen LogP contribution >= 0.6 is 0 Å². The van der Waals surface area contributed by atoms with Crippen LogP contribution in [0.3, 0.4) is 0 Å². The molecule has 0 unspecified atom stereocenters. The molecule has 0 saturated carbocycles. The standard InChI is InChI=1S/C20H24O2/c1-12-8-13(2)19(14(3)9-12)20-17(21)10-15-4-5-16(7-6-15)11-18(20)22/h4-5,8-9,15-16,21H,6-7,10-11H2,1-3H3/b20-17-/t15-,16+/m0/s1. The molecule has 4 rings (SSSR count). The van der Waals surface area contributed by atoms with Crippen molar-refractivity contribution in [3.05, 3.63) is 52.3 Å². The fourth-order valence-electron chi connectivity index (χ4n) is 3.98. The normalized spacial score (nSPS) is 28.4. The van der Waals surface area contributed by atoms with E-state index in [0.717, 1.165) is 29.5 Å². The third-order valence-electron chi connectivity index (χ3n) is 4.96. The summed E-state index contributed by atoms with van der Waals surface area (Å²) in [5.41, 5.74) is 4.85. The number of hydrogen-bond donors (Lipinski definition) is 1. The maximum absolute atomic E-state index is 12.9. The Morgan fingerprint density at radius 1 is 0.955 bits per heavy atom. The second kappa shape index (κ2) is 5.75. The number of aliphatic hydroxyl groups excluding tert-OH is 1. The molecular formula is C20H24O2. The second-order valence-electron chi connectivity index (χ2n) is 6.91. The number of rotatable bonds is 1. The van der Waals surface area contributed by atoms with Gasteiger partial charge in [0.1, 0.15) is 5.76 Å². The van der Waals surface area contributed by atoms with Crippen molar-refractivity contribution in [2.75, 3.05) is 0 Å². The van der Waals surface area contributed by atoms with E-state index >= 15 is 0 Å². The van der Waals surface area contributed by atoms with Crippen LogP contribution in [0.5, 0.6) is 0 Å². The minimum atomic E-state index is 0.0877. The van der Waals surface area contributed by atoms with E-state index in [0.29, 0.717) is 30.3 Å². The fraction of sp³-hybridized carbons (Fsp3) is 0.450. The minimum Gasteiger partial charge on any atom is -0.512 e. The van der Waals surface area contributed by atoms with Crippen molar-refractivity contribution in [1.29, 1.82) is 0 Å². The molecule has 1 N–H and O–H groups in total. The number of ketones is 1. The Morgan fingerprint density at radius 3 is 2.05 bits per heavy atom. The number of carbonyl (C=O) groups is 1. The van der Waals surface area contributed by atoms with Crippen LogP contribution in [-0.2, 0) is 4.79 Å². The van der Waals surface area contributed by atoms with Crippen LogP contribution in [-0.4, -0.2) is 10.9 Å². The molecule has 0 fully saturated rings. The maximum Gasteiger partial charge on any atom is 0.167 e. The second-order valence-corrected chi connectivity index (χ2v) is 6.91. The third kappa shape index (κ3) is 2.75. The molecule has 2 heteroatoms. The molecule has 2 nitrogen and oxygen atoms in total. The molecule has 0 heterocycles. The zero-order valence-corrected chi connectivity index (χ0v) is 13.6. The van der Waals surface area contributed by atoms with Crippen molar-refractivity contribution >= 4 is 11.4 Å². The average molecular weight is 296 g/mol. The van der Waals surface area contributed by atoms with E-state index in [1.54, 1.807) is 0 Å². The molecular weight excluding hydrogens is 272 g/mol. The highest BCUT2D eigenvalue weighted by molar-refractivity contribution is 6.22. The van der Waals surface area contributed by atoms with E-state index in [2.05, 4.69) is 31.2 Å². The Balaban J connectivity index is 2.13. The molecule has 116 valence electrons. The predicted molar refractivity (Wildman–Crippen MR) is 89.8 cm³/mol. The van der Waals surface area contributed by atoms with E-state index < -0.39 is 0 Å². The summed E-state index contributed by atoms with van der Waals surface area (Å²) < 4.78 is 0. The van der Waals surface area contributed by atoms with E-state index in [1.165, 1.54) is 5.56 Å². The summed E-state index contributed by atoms with van der Waals surface area (Å²) in [4.78, 5) is 12.9. The van der Waals surface area contributed by atoms with Crippen LogP contribution in [0.4, 0.5) is 0 Å². The van der Waals surface area contributed by atoms with Crippen molar-refractivity contribution < 1.29 is 9.90 Å². The highest BCUT2D eigenvalue weighted by atomic mass is 16.3. The summed E-state index contributed by atoms with van der Waals surface area (Å²) in [5, 5.41) is 10.7. The van der Waals surface area contributed by atoms with Gasteiger partial charge in [0.15, 0.2) is 5.78 Å². The van der Waals surface area contributed by atoms with Crippen LogP contribution in [0.25, 0.3) is 5.57 Å². The zero-order chi connectivity index (χ0) is 15.9. The first-order chi connectivity index (χ1) is 10.5. The highest BCUT2D eigenvalue weighted by Crippen LogP contribution is 2.37. The lowest BCUT2D eigenvalue weighted by atomic mass is 9.85. The number of carbonyl (C=O) groups excluding carboxylic acids is 1. The summed E-state index contributed by atoms with van der Waals surface area (Å²) in [6.45, 7) is 6.12. The van der Waals surface area contributed by atoms with Crippen LogP contribution < -0.4 is 0 Å². The van der Waals surface area contributed by atoms with E-state index in [1.807, 2.05) is 13.8 Å². The van der Waals surface area contributed by atoms with Crippen LogP contribution in [0.2, 0.25) is 0 Å². The largest absolute Gasteiger partial charge is 0.512 e. The van der Waals surface area contributed by atoms with Gasteiger partial charge in [0.05, 0.1) is 5.57 Å². The van der Waals surface area contributed by atoms with Gasteiger partial charge in [-0.3, -0.25) is 4.79 Å². The number of allylic oxidation sites excluding steroid dienone is 4. The van der Waals surface area contributed by atoms with Gasteiger partial charge in [0.25, 0.3) is 0 Å². The topological polar surface area (TPSA) is 37.3 Å². The van der Waals surface area contributed by atoms with Gasteiger partial charge >= 0.3 is 0 Å². The lowest BCUT2D eigenvalue weighted by Crippen LogP contribution is -2.12. The molecule has 3 aliphatic rings. The summed E-state index contributed by atoms with van der Waals surface area (Å²) in [5.74, 6) is 1.06. The van der Waals surface area contributed by atoms with Crippen LogP contribution in [0.1, 0.15) is 47.9 Å². The van der Waals surface area contributed by atoms with Gasteiger partial charge in [-0.15, -0.1) is 0 Å². The monoisotopic (exact) mass is 296 g/mol. The van der Waals surface area contributed by atoms with E-state index in [-0.39, 0.29) is 11.5 Å². The number of hydrogen-bond acceptors (Lipinski definition) is 2. The van der Waals surface area contributed by atoms with Crippen molar-refractivity contribution in [1.82, 2.24) is 0 Å². The first kappa shape index (κ1) is 15.1. The molecule has 2 bridgehead atoms. The zero-order valence-electron chi connectivity index (χ0n) is 13.6. The summed E-state index contributed by atoms with van der Waals surface area (Å²) >= 11 is 0. The molecule has 1 aromatic rings. The Labute approximate surface area is 132 Å². The molecule has 0 amide bonds. The lowest BCUT2D eigenvalue weighted by Gasteiger charge is -2.19. The Morgan fingerprint density at radius 2 is 1.50 bits per heavy atom. The molecule has 0 radical (unpaired) electrons. The molecule has 0 aromatic heterocycles. The highest BCUT2D eigenvalue weighted by Gasteiger charge is 2.28. The Bertz CT molecular complexity index is 656. The van der Waals surface area contributed by atoms with Gasteiger partial charge in [0.2, 0.25) is 0 Å². The molecule has 0 spiro atoms. The van der Waals surface area contributed by atoms with Crippen molar-refractivity contribution in [2.24, 2.45) is 11.8 Å². The van der Waals surface area contributed by atoms with Gasteiger partial charge in [-0.25, -0.2) is 0 Å². The SMILES string of the molecule is Cc1cc(C)c(/C2=C(\O)C[C@H]3C=C[C@H](CC3)CC2=O)c(C)c1. The summed E-state index contributed by atoms with van der Waals surface area (Å²) in [7, 11) is 0. The fourth-order valence-corrected chi connectivity index (χ4v) is 3.98. The quantitative estimate of drug-likeness (QED) is 0.754. The van der Waals surface area contributed by atoms with E-state index in [9.17, 15) is 9.90 Å². The Hall–Kier alpha value is -1.83. The minimum absolute atomic E-state index is 0.0877. The summed E-state index contributed by atoms with van der Waals surface area (Å²) in [6, 6.07) is 4.19. The molecule has 0 aliphatic heterocycles. The van der Waals surface area contributed by atoms with Gasteiger partial charge < -0.3 is 5.11 Å². The predicted octanol–water partition coefficient (Wildman–Crippen LogP) is 4.83.